The van der Waals surface area contributed by atoms with Gasteiger partial charge >= 0.3 is 5.97 Å². The molecule has 0 aromatic heterocycles. The SMILES string of the molecule is CC1C(N)CCC(C(=O)NCC2(C(=O)O)CC2)C1(C)C. The van der Waals surface area contributed by atoms with Gasteiger partial charge in [0.25, 0.3) is 0 Å². The van der Waals surface area contributed by atoms with Crippen molar-refractivity contribution in [1.29, 1.82) is 0 Å². The number of amides is 1. The highest BCUT2D eigenvalue weighted by atomic mass is 16.4. The normalized spacial score (nSPS) is 34.3. The molecule has 0 aromatic carbocycles. The molecule has 20 heavy (non-hydrogen) atoms. The molecule has 2 saturated carbocycles. The van der Waals surface area contributed by atoms with Gasteiger partial charge in [-0.2, -0.15) is 0 Å². The van der Waals surface area contributed by atoms with Crippen LogP contribution in [-0.2, 0) is 9.59 Å². The van der Waals surface area contributed by atoms with E-state index >= 15 is 0 Å². The molecule has 0 bridgehead atoms. The Hall–Kier alpha value is -1.10. The Balaban J connectivity index is 1.97. The van der Waals surface area contributed by atoms with E-state index in [1.807, 2.05) is 0 Å². The van der Waals surface area contributed by atoms with Crippen LogP contribution in [0.15, 0.2) is 0 Å². The highest BCUT2D eigenvalue weighted by molar-refractivity contribution is 5.82. The van der Waals surface area contributed by atoms with Crippen LogP contribution in [0.5, 0.6) is 0 Å². The van der Waals surface area contributed by atoms with Gasteiger partial charge in [0, 0.05) is 18.5 Å². The molecule has 0 radical (unpaired) electrons. The van der Waals surface area contributed by atoms with Crippen molar-refractivity contribution in [1.82, 2.24) is 5.32 Å². The van der Waals surface area contributed by atoms with Crippen molar-refractivity contribution in [2.75, 3.05) is 6.54 Å². The summed E-state index contributed by atoms with van der Waals surface area (Å²) < 4.78 is 0. The smallest absolute Gasteiger partial charge is 0.311 e. The first kappa shape index (κ1) is 15.3. The van der Waals surface area contributed by atoms with E-state index in [0.29, 0.717) is 12.8 Å². The summed E-state index contributed by atoms with van der Waals surface area (Å²) in [5.41, 5.74) is 5.25. The van der Waals surface area contributed by atoms with Crippen LogP contribution in [0.3, 0.4) is 0 Å². The molecule has 1 amide bonds. The predicted molar refractivity (Wildman–Crippen MR) is 76.0 cm³/mol. The number of nitrogens with one attached hydrogen (secondary N) is 1. The van der Waals surface area contributed by atoms with Gasteiger partial charge < -0.3 is 16.2 Å². The lowest BCUT2D eigenvalue weighted by atomic mass is 9.61. The maximum Gasteiger partial charge on any atom is 0.311 e. The maximum absolute atomic E-state index is 12.4. The Morgan fingerprint density at radius 2 is 1.90 bits per heavy atom. The van der Waals surface area contributed by atoms with Crippen LogP contribution in [0.25, 0.3) is 0 Å². The van der Waals surface area contributed by atoms with Crippen LogP contribution in [0, 0.1) is 22.7 Å². The minimum absolute atomic E-state index is 0.0127. The van der Waals surface area contributed by atoms with Crippen LogP contribution in [0.2, 0.25) is 0 Å². The third-order valence-corrected chi connectivity index (χ3v) is 5.73. The predicted octanol–water partition coefficient (Wildman–Crippen LogP) is 1.37. The van der Waals surface area contributed by atoms with Gasteiger partial charge in [0.1, 0.15) is 0 Å². The van der Waals surface area contributed by atoms with Gasteiger partial charge in [-0.15, -0.1) is 0 Å². The van der Waals surface area contributed by atoms with E-state index in [4.69, 9.17) is 10.8 Å². The molecule has 0 heterocycles. The molecule has 3 atom stereocenters. The summed E-state index contributed by atoms with van der Waals surface area (Å²) in [6.07, 6.45) is 2.97. The largest absolute Gasteiger partial charge is 0.481 e. The highest BCUT2D eigenvalue weighted by Crippen LogP contribution is 2.46. The van der Waals surface area contributed by atoms with Gasteiger partial charge in [-0.25, -0.2) is 0 Å². The minimum Gasteiger partial charge on any atom is -0.481 e. The Morgan fingerprint density at radius 3 is 2.40 bits per heavy atom. The van der Waals surface area contributed by atoms with Crippen LogP contribution < -0.4 is 11.1 Å². The van der Waals surface area contributed by atoms with Gasteiger partial charge in [-0.3, -0.25) is 9.59 Å². The van der Waals surface area contributed by atoms with E-state index in [-0.39, 0.29) is 35.7 Å². The summed E-state index contributed by atoms with van der Waals surface area (Å²) in [5.74, 6) is -0.611. The Morgan fingerprint density at radius 1 is 1.30 bits per heavy atom. The molecule has 0 saturated heterocycles. The van der Waals surface area contributed by atoms with Crippen molar-refractivity contribution in [3.05, 3.63) is 0 Å². The molecular weight excluding hydrogens is 256 g/mol. The lowest BCUT2D eigenvalue weighted by molar-refractivity contribution is -0.143. The number of carbonyl (C=O) groups is 2. The molecule has 4 N–H and O–H groups in total. The van der Waals surface area contributed by atoms with Gasteiger partial charge in [0.2, 0.25) is 5.91 Å². The average molecular weight is 282 g/mol. The second-order valence-corrected chi connectivity index (χ2v) is 7.21. The molecule has 2 aliphatic carbocycles. The lowest BCUT2D eigenvalue weighted by Gasteiger charge is -2.46. The van der Waals surface area contributed by atoms with Crippen LogP contribution in [0.1, 0.15) is 46.5 Å². The van der Waals surface area contributed by atoms with E-state index in [9.17, 15) is 9.59 Å². The van der Waals surface area contributed by atoms with Crippen LogP contribution >= 0.6 is 0 Å². The van der Waals surface area contributed by atoms with Gasteiger partial charge in [-0.1, -0.05) is 20.8 Å². The summed E-state index contributed by atoms with van der Waals surface area (Å²) in [6, 6.07) is 0.142. The fourth-order valence-corrected chi connectivity index (χ4v) is 3.32. The number of carbonyl (C=O) groups excluding carboxylic acids is 1. The summed E-state index contributed by atoms with van der Waals surface area (Å²) in [7, 11) is 0. The summed E-state index contributed by atoms with van der Waals surface area (Å²) in [4.78, 5) is 23.5. The zero-order valence-electron chi connectivity index (χ0n) is 12.6. The number of carboxylic acids is 1. The zero-order valence-corrected chi connectivity index (χ0v) is 12.6. The first-order valence-corrected chi connectivity index (χ1v) is 7.47. The van der Waals surface area contributed by atoms with Gasteiger partial charge in [-0.05, 0) is 37.0 Å². The quantitative estimate of drug-likeness (QED) is 0.726. The van der Waals surface area contributed by atoms with Crippen molar-refractivity contribution in [3.8, 4) is 0 Å². The highest BCUT2D eigenvalue weighted by Gasteiger charge is 2.51. The number of nitrogens with two attached hydrogens (primary N) is 1. The summed E-state index contributed by atoms with van der Waals surface area (Å²) in [6.45, 7) is 6.54. The van der Waals surface area contributed by atoms with E-state index in [2.05, 4.69) is 26.1 Å². The molecule has 0 aliphatic heterocycles. The molecule has 114 valence electrons. The molecule has 5 nitrogen and oxygen atoms in total. The topological polar surface area (TPSA) is 92.4 Å². The Bertz CT molecular complexity index is 415. The second-order valence-electron chi connectivity index (χ2n) is 7.21. The van der Waals surface area contributed by atoms with Gasteiger partial charge in [0.05, 0.1) is 5.41 Å². The first-order valence-electron chi connectivity index (χ1n) is 7.47. The standard InChI is InChI=1S/C15H26N2O3/c1-9-11(16)5-4-10(14(9,2)3)12(18)17-8-15(6-7-15)13(19)20/h9-11H,4-8,16H2,1-3H3,(H,17,18)(H,19,20). The molecular formula is C15H26N2O3. The minimum atomic E-state index is -0.795. The maximum atomic E-state index is 12.4. The van der Waals surface area contributed by atoms with E-state index in [1.54, 1.807) is 0 Å². The van der Waals surface area contributed by atoms with Crippen molar-refractivity contribution >= 4 is 11.9 Å². The van der Waals surface area contributed by atoms with Crippen molar-refractivity contribution in [2.24, 2.45) is 28.4 Å². The van der Waals surface area contributed by atoms with Crippen LogP contribution in [0.4, 0.5) is 0 Å². The average Bonchev–Trinajstić information content (AvgIpc) is 3.14. The summed E-state index contributed by atoms with van der Waals surface area (Å²) >= 11 is 0. The van der Waals surface area contributed by atoms with E-state index < -0.39 is 11.4 Å². The lowest BCUT2D eigenvalue weighted by Crippen LogP contribution is -2.52. The fourth-order valence-electron chi connectivity index (χ4n) is 3.32. The molecule has 2 fully saturated rings. The number of hydrogen-bond acceptors (Lipinski definition) is 3. The van der Waals surface area contributed by atoms with E-state index in [0.717, 1.165) is 12.8 Å². The van der Waals surface area contributed by atoms with Gasteiger partial charge in [0.15, 0.2) is 0 Å². The zero-order chi connectivity index (χ0) is 15.1. The monoisotopic (exact) mass is 282 g/mol. The number of aliphatic carboxylic acids is 1. The molecule has 0 spiro atoms. The fraction of sp³-hybridized carbons (Fsp3) is 0.867. The summed E-state index contributed by atoms with van der Waals surface area (Å²) in [5, 5.41) is 12.0. The number of carboxylic acid groups (broad SMARTS) is 1. The molecule has 3 unspecified atom stereocenters. The molecule has 2 aliphatic rings. The second kappa shape index (κ2) is 5.02. The molecule has 5 heteroatoms. The number of hydrogen-bond donors (Lipinski definition) is 3. The van der Waals surface area contributed by atoms with Crippen LogP contribution in [-0.4, -0.2) is 29.6 Å². The third-order valence-electron chi connectivity index (χ3n) is 5.73. The van der Waals surface area contributed by atoms with E-state index in [1.165, 1.54) is 0 Å². The van der Waals surface area contributed by atoms with Crippen molar-refractivity contribution in [2.45, 2.75) is 52.5 Å². The Labute approximate surface area is 120 Å². The van der Waals surface area contributed by atoms with Crippen molar-refractivity contribution in [3.63, 3.8) is 0 Å². The first-order chi connectivity index (χ1) is 9.20. The third kappa shape index (κ3) is 2.55. The molecule has 0 aromatic rings. The number of rotatable bonds is 4. The molecule has 2 rings (SSSR count). The van der Waals surface area contributed by atoms with Crippen molar-refractivity contribution < 1.29 is 14.7 Å². The Kier molecular flexibility index (Phi) is 3.84.